The summed E-state index contributed by atoms with van der Waals surface area (Å²) >= 11 is 1.90. The molecule has 0 bridgehead atoms. The Balaban J connectivity index is 4.24. The Morgan fingerprint density at radius 1 is 1.40 bits per heavy atom. The lowest BCUT2D eigenvalue weighted by molar-refractivity contribution is 0.0809. The molecule has 0 radical (unpaired) electrons. The Morgan fingerprint density at radius 3 is 2.33 bits per heavy atom. The smallest absolute Gasteiger partial charge is 0.0496 e. The number of nitrogens with zero attached hydrogens (tertiary/aromatic N) is 1. The summed E-state index contributed by atoms with van der Waals surface area (Å²) in [5.74, 6) is 1.18. The number of thioether (sulfide) groups is 1. The molecule has 2 nitrogen and oxygen atoms in total. The Kier molecular flexibility index (Phi) is 7.66. The predicted molar refractivity (Wildman–Crippen MR) is 70.6 cm³/mol. The molecule has 3 heteroatoms. The van der Waals surface area contributed by atoms with E-state index in [-0.39, 0.29) is 12.0 Å². The number of aliphatic hydroxyl groups is 1. The average Bonchev–Trinajstić information content (AvgIpc) is 2.25. The van der Waals surface area contributed by atoms with Gasteiger partial charge in [0.05, 0.1) is 0 Å². The third kappa shape index (κ3) is 5.23. The van der Waals surface area contributed by atoms with Gasteiger partial charge in [0.1, 0.15) is 0 Å². The first-order chi connectivity index (χ1) is 7.02. The summed E-state index contributed by atoms with van der Waals surface area (Å²) in [6, 6.07) is 0.637. The molecule has 2 unspecified atom stereocenters. The summed E-state index contributed by atoms with van der Waals surface area (Å²) in [7, 11) is 2.17. The summed E-state index contributed by atoms with van der Waals surface area (Å²) in [6.07, 6.45) is 4.37. The Morgan fingerprint density at radius 2 is 2.00 bits per heavy atom. The zero-order valence-electron chi connectivity index (χ0n) is 10.9. The molecule has 92 valence electrons. The van der Waals surface area contributed by atoms with Crippen molar-refractivity contribution in [3.63, 3.8) is 0 Å². The fourth-order valence-electron chi connectivity index (χ4n) is 1.75. The van der Waals surface area contributed by atoms with E-state index in [1.54, 1.807) is 0 Å². The van der Waals surface area contributed by atoms with Crippen molar-refractivity contribution < 1.29 is 5.11 Å². The highest BCUT2D eigenvalue weighted by Gasteiger charge is 2.25. The van der Waals surface area contributed by atoms with E-state index in [9.17, 15) is 5.11 Å². The van der Waals surface area contributed by atoms with Crippen LogP contribution < -0.4 is 0 Å². The predicted octanol–water partition coefficient (Wildman–Crippen LogP) is 2.47. The summed E-state index contributed by atoms with van der Waals surface area (Å²) in [4.78, 5) is 2.40. The van der Waals surface area contributed by atoms with E-state index in [1.165, 1.54) is 12.2 Å². The van der Waals surface area contributed by atoms with Crippen molar-refractivity contribution in [3.05, 3.63) is 0 Å². The molecule has 15 heavy (non-hydrogen) atoms. The van der Waals surface area contributed by atoms with Gasteiger partial charge in [-0.2, -0.15) is 11.8 Å². The van der Waals surface area contributed by atoms with E-state index in [0.717, 1.165) is 13.0 Å². The first-order valence-corrected chi connectivity index (χ1v) is 7.22. The lowest BCUT2D eigenvalue weighted by Gasteiger charge is -2.35. The van der Waals surface area contributed by atoms with Crippen LogP contribution in [-0.4, -0.2) is 48.3 Å². The molecule has 0 aliphatic heterocycles. The number of rotatable bonds is 8. The third-order valence-corrected chi connectivity index (χ3v) is 4.04. The van der Waals surface area contributed by atoms with Crippen LogP contribution in [-0.2, 0) is 0 Å². The molecule has 0 aromatic heterocycles. The van der Waals surface area contributed by atoms with Crippen molar-refractivity contribution in [2.75, 3.05) is 32.2 Å². The molecule has 2 atom stereocenters. The highest BCUT2D eigenvalue weighted by molar-refractivity contribution is 7.98. The maximum atomic E-state index is 9.39. The van der Waals surface area contributed by atoms with Gasteiger partial charge in [0.2, 0.25) is 0 Å². The van der Waals surface area contributed by atoms with Crippen molar-refractivity contribution in [2.45, 2.75) is 39.7 Å². The van der Waals surface area contributed by atoms with Crippen LogP contribution in [0.1, 0.15) is 33.6 Å². The minimum absolute atomic E-state index is 0.0561. The zero-order chi connectivity index (χ0) is 11.9. The molecule has 0 amide bonds. The second kappa shape index (κ2) is 7.53. The monoisotopic (exact) mass is 233 g/mol. The minimum Gasteiger partial charge on any atom is -0.396 e. The molecule has 0 saturated heterocycles. The van der Waals surface area contributed by atoms with Gasteiger partial charge < -0.3 is 10.0 Å². The van der Waals surface area contributed by atoms with Crippen LogP contribution in [0.3, 0.4) is 0 Å². The molecule has 0 aromatic rings. The molecule has 0 aromatic carbocycles. The molecule has 0 spiro atoms. The van der Waals surface area contributed by atoms with Crippen LogP contribution in [0, 0.1) is 5.41 Å². The first-order valence-electron chi connectivity index (χ1n) is 5.83. The van der Waals surface area contributed by atoms with Crippen LogP contribution in [0.4, 0.5) is 0 Å². The van der Waals surface area contributed by atoms with Gasteiger partial charge in [0.15, 0.2) is 0 Å². The fraction of sp³-hybridized carbons (Fsp3) is 1.00. The van der Waals surface area contributed by atoms with Gasteiger partial charge in [-0.1, -0.05) is 20.8 Å². The highest BCUT2D eigenvalue weighted by Crippen LogP contribution is 2.23. The summed E-state index contributed by atoms with van der Waals surface area (Å²) < 4.78 is 0. The number of aliphatic hydroxyl groups excluding tert-OH is 1. The van der Waals surface area contributed by atoms with Crippen molar-refractivity contribution in [1.82, 2.24) is 4.90 Å². The molecule has 1 N–H and O–H groups in total. The van der Waals surface area contributed by atoms with Gasteiger partial charge in [-0.15, -0.1) is 0 Å². The van der Waals surface area contributed by atoms with Crippen LogP contribution >= 0.6 is 11.8 Å². The van der Waals surface area contributed by atoms with Gasteiger partial charge in [-0.25, -0.2) is 0 Å². The molecule has 0 aliphatic carbocycles. The Bertz CT molecular complexity index is 160. The van der Waals surface area contributed by atoms with Gasteiger partial charge in [-0.05, 0) is 26.1 Å². The lowest BCUT2D eigenvalue weighted by Crippen LogP contribution is -2.42. The van der Waals surface area contributed by atoms with E-state index < -0.39 is 0 Å². The second-order valence-corrected chi connectivity index (χ2v) is 5.67. The molecule has 0 rings (SSSR count). The molecular weight excluding hydrogens is 206 g/mol. The normalized spacial score (nSPS) is 17.8. The Hall–Kier alpha value is 0.270. The van der Waals surface area contributed by atoms with Crippen molar-refractivity contribution in [3.8, 4) is 0 Å². The molecule has 0 saturated carbocycles. The quantitative estimate of drug-likeness (QED) is 0.697. The molecular formula is C12H27NOS. The van der Waals surface area contributed by atoms with Crippen molar-refractivity contribution in [1.29, 1.82) is 0 Å². The van der Waals surface area contributed by atoms with Gasteiger partial charge in [0, 0.05) is 30.4 Å². The van der Waals surface area contributed by atoms with Crippen molar-refractivity contribution in [2.24, 2.45) is 5.41 Å². The van der Waals surface area contributed by atoms with E-state index in [4.69, 9.17) is 0 Å². The van der Waals surface area contributed by atoms with Crippen LogP contribution in [0.15, 0.2) is 0 Å². The second-order valence-electron chi connectivity index (χ2n) is 4.75. The Labute approximate surface area is 99.4 Å². The van der Waals surface area contributed by atoms with E-state index >= 15 is 0 Å². The maximum Gasteiger partial charge on any atom is 0.0496 e. The molecule has 0 heterocycles. The number of hydrogen-bond donors (Lipinski definition) is 1. The van der Waals surface area contributed by atoms with E-state index in [0.29, 0.717) is 6.04 Å². The van der Waals surface area contributed by atoms with Gasteiger partial charge in [-0.3, -0.25) is 0 Å². The van der Waals surface area contributed by atoms with Gasteiger partial charge in [0.25, 0.3) is 0 Å². The fourth-order valence-corrected chi connectivity index (χ4v) is 2.63. The highest BCUT2D eigenvalue weighted by atomic mass is 32.2. The SMILES string of the molecule is CCC(CSC)N(C)CC(C)(CC)CO. The van der Waals surface area contributed by atoms with Crippen LogP contribution in [0.2, 0.25) is 0 Å². The number of hydrogen-bond acceptors (Lipinski definition) is 3. The first kappa shape index (κ1) is 15.3. The lowest BCUT2D eigenvalue weighted by atomic mass is 9.87. The summed E-state index contributed by atoms with van der Waals surface area (Å²) in [5, 5.41) is 9.39. The molecule has 0 fully saturated rings. The summed E-state index contributed by atoms with van der Waals surface area (Å²) in [6.45, 7) is 7.82. The largest absolute Gasteiger partial charge is 0.396 e. The van der Waals surface area contributed by atoms with Crippen LogP contribution in [0.5, 0.6) is 0 Å². The molecule has 0 aliphatic rings. The maximum absolute atomic E-state index is 9.39. The topological polar surface area (TPSA) is 23.5 Å². The van der Waals surface area contributed by atoms with Gasteiger partial charge >= 0.3 is 0 Å². The van der Waals surface area contributed by atoms with Crippen molar-refractivity contribution >= 4 is 11.8 Å². The average molecular weight is 233 g/mol. The standard InChI is InChI=1S/C12H27NOS/c1-6-11(8-15-5)13(4)9-12(3,7-2)10-14/h11,14H,6-10H2,1-5H3. The third-order valence-electron chi connectivity index (χ3n) is 3.32. The van der Waals surface area contributed by atoms with E-state index in [1.807, 2.05) is 11.8 Å². The summed E-state index contributed by atoms with van der Waals surface area (Å²) in [5.41, 5.74) is 0.0561. The van der Waals surface area contributed by atoms with E-state index in [2.05, 4.69) is 39.0 Å². The van der Waals surface area contributed by atoms with Crippen LogP contribution in [0.25, 0.3) is 0 Å². The zero-order valence-corrected chi connectivity index (χ0v) is 11.7. The minimum atomic E-state index is 0.0561.